The molecule has 0 amide bonds. The maximum atomic E-state index is 10.7. The van der Waals surface area contributed by atoms with Crippen LogP contribution in [0.2, 0.25) is 0 Å². The zero-order valence-electron chi connectivity index (χ0n) is 15.0. The van der Waals surface area contributed by atoms with E-state index >= 15 is 0 Å². The first kappa shape index (κ1) is 19.1. The molecule has 3 aromatic rings. The van der Waals surface area contributed by atoms with Crippen LogP contribution in [0, 0.1) is 10.1 Å². The Labute approximate surface area is 163 Å². The number of hydrogen-bond donors (Lipinski definition) is 3. The smallest absolute Gasteiger partial charge is 0.221 e. The molecule has 0 unspecified atom stereocenters. The average molecular weight is 402 g/mol. The molecule has 4 atom stereocenters. The topological polar surface area (TPSA) is 158 Å². The van der Waals surface area contributed by atoms with E-state index in [1.54, 1.807) is 0 Å². The second kappa shape index (κ2) is 8.05. The van der Waals surface area contributed by atoms with Crippen LogP contribution in [0.5, 0.6) is 0 Å². The van der Waals surface area contributed by atoms with Gasteiger partial charge in [0.25, 0.3) is 0 Å². The van der Waals surface area contributed by atoms with Crippen LogP contribution in [0.15, 0.2) is 43.0 Å². The van der Waals surface area contributed by atoms with Crippen molar-refractivity contribution in [2.45, 2.75) is 31.1 Å². The van der Waals surface area contributed by atoms with Crippen LogP contribution in [0.25, 0.3) is 11.2 Å². The molecule has 1 aliphatic heterocycles. The molecule has 4 rings (SSSR count). The number of hydrazine groups is 1. The van der Waals surface area contributed by atoms with Crippen molar-refractivity contribution in [2.24, 2.45) is 0 Å². The molecule has 0 spiro atoms. The van der Waals surface area contributed by atoms with E-state index < -0.39 is 29.6 Å². The van der Waals surface area contributed by atoms with Crippen molar-refractivity contribution in [3.8, 4) is 0 Å². The molecule has 2 aromatic heterocycles. The molecule has 12 nitrogen and oxygen atoms in total. The van der Waals surface area contributed by atoms with Crippen molar-refractivity contribution >= 4 is 17.0 Å². The highest BCUT2D eigenvalue weighted by Crippen LogP contribution is 2.32. The Kier molecular flexibility index (Phi) is 5.31. The fourth-order valence-electron chi connectivity index (χ4n) is 3.17. The number of aromatic nitrogens is 4. The van der Waals surface area contributed by atoms with E-state index in [1.165, 1.54) is 10.9 Å². The zero-order valence-corrected chi connectivity index (χ0v) is 15.0. The van der Waals surface area contributed by atoms with Gasteiger partial charge in [-0.3, -0.25) is 4.57 Å². The third-order valence-corrected chi connectivity index (χ3v) is 4.56. The van der Waals surface area contributed by atoms with Crippen molar-refractivity contribution in [3.63, 3.8) is 0 Å². The van der Waals surface area contributed by atoms with Gasteiger partial charge in [0.1, 0.15) is 24.6 Å². The summed E-state index contributed by atoms with van der Waals surface area (Å²) in [4.78, 5) is 22.6. The highest BCUT2D eigenvalue weighted by Gasteiger charge is 2.44. The van der Waals surface area contributed by atoms with Gasteiger partial charge in [0.15, 0.2) is 22.4 Å². The lowest BCUT2D eigenvalue weighted by Gasteiger charge is -2.16. The summed E-state index contributed by atoms with van der Waals surface area (Å²) in [5.41, 5.74) is 3.27. The van der Waals surface area contributed by atoms with Crippen LogP contribution in [-0.2, 0) is 16.1 Å². The normalized spacial score (nSPS) is 24.1. The molecule has 1 saturated heterocycles. The van der Waals surface area contributed by atoms with Crippen LogP contribution >= 0.6 is 0 Å². The summed E-state index contributed by atoms with van der Waals surface area (Å²) in [5.74, 6) is -0.0884. The SMILES string of the molecule is O=[N+]([O-])Nc1ncnc2c1ncn2[C@@H]1O[C@H](COCc2ccccc2)[C@@H](O)[C@H]1O. The van der Waals surface area contributed by atoms with Gasteiger partial charge in [-0.15, -0.1) is 0 Å². The van der Waals surface area contributed by atoms with Gasteiger partial charge in [-0.05, 0) is 5.56 Å². The Bertz CT molecular complexity index is 999. The Hall–Kier alpha value is -3.19. The lowest BCUT2D eigenvalue weighted by molar-refractivity contribution is -0.445. The van der Waals surface area contributed by atoms with Gasteiger partial charge < -0.3 is 19.7 Å². The van der Waals surface area contributed by atoms with E-state index in [1.807, 2.05) is 35.8 Å². The first-order chi connectivity index (χ1) is 14.0. The van der Waals surface area contributed by atoms with Gasteiger partial charge in [0, 0.05) is 0 Å². The molecule has 1 aromatic carbocycles. The molecule has 3 N–H and O–H groups in total. The van der Waals surface area contributed by atoms with E-state index in [2.05, 4.69) is 15.0 Å². The molecule has 152 valence electrons. The number of imidazole rings is 1. The molecule has 29 heavy (non-hydrogen) atoms. The van der Waals surface area contributed by atoms with Crippen molar-refractivity contribution in [1.82, 2.24) is 19.5 Å². The van der Waals surface area contributed by atoms with Gasteiger partial charge in [-0.2, -0.15) is 0 Å². The summed E-state index contributed by atoms with van der Waals surface area (Å²) in [6.45, 7) is 0.407. The molecule has 1 fully saturated rings. The summed E-state index contributed by atoms with van der Waals surface area (Å²) in [6, 6.07) is 9.52. The Morgan fingerprint density at radius 1 is 1.21 bits per heavy atom. The minimum atomic E-state index is -1.26. The van der Waals surface area contributed by atoms with Crippen molar-refractivity contribution in [1.29, 1.82) is 0 Å². The third-order valence-electron chi connectivity index (χ3n) is 4.56. The van der Waals surface area contributed by atoms with Gasteiger partial charge in [0.2, 0.25) is 5.82 Å². The number of ether oxygens (including phenoxy) is 2. The predicted molar refractivity (Wildman–Crippen MR) is 98.0 cm³/mol. The molecule has 1 aliphatic rings. The maximum Gasteiger partial charge on any atom is 0.221 e. The fraction of sp³-hybridized carbons (Fsp3) is 0.353. The van der Waals surface area contributed by atoms with E-state index in [4.69, 9.17) is 9.47 Å². The first-order valence-electron chi connectivity index (χ1n) is 8.76. The van der Waals surface area contributed by atoms with E-state index in [0.29, 0.717) is 6.61 Å². The predicted octanol–water partition coefficient (Wildman–Crippen LogP) is 0.266. The quantitative estimate of drug-likeness (QED) is 0.370. The van der Waals surface area contributed by atoms with Crippen molar-refractivity contribution in [2.75, 3.05) is 12.0 Å². The van der Waals surface area contributed by atoms with E-state index in [-0.39, 0.29) is 23.6 Å². The number of rotatable bonds is 7. The number of aliphatic hydroxyl groups excluding tert-OH is 2. The summed E-state index contributed by atoms with van der Waals surface area (Å²) < 4.78 is 12.8. The van der Waals surface area contributed by atoms with Gasteiger partial charge in [-0.1, -0.05) is 35.8 Å². The number of anilines is 1. The second-order valence-electron chi connectivity index (χ2n) is 6.46. The number of fused-ring (bicyclic) bond motifs is 1. The molecular weight excluding hydrogens is 384 g/mol. The summed E-state index contributed by atoms with van der Waals surface area (Å²) in [6.07, 6.45) is -1.76. The summed E-state index contributed by atoms with van der Waals surface area (Å²) in [7, 11) is 0. The monoisotopic (exact) mass is 402 g/mol. The fourth-order valence-corrected chi connectivity index (χ4v) is 3.17. The molecule has 12 heteroatoms. The van der Waals surface area contributed by atoms with Crippen molar-refractivity contribution < 1.29 is 24.7 Å². The minimum Gasteiger partial charge on any atom is -0.387 e. The highest BCUT2D eigenvalue weighted by molar-refractivity contribution is 5.82. The van der Waals surface area contributed by atoms with Crippen LogP contribution in [0.3, 0.4) is 0 Å². The van der Waals surface area contributed by atoms with E-state index in [0.717, 1.165) is 11.9 Å². The Morgan fingerprint density at radius 2 is 2.00 bits per heavy atom. The van der Waals surface area contributed by atoms with Gasteiger partial charge in [0.05, 0.1) is 19.5 Å². The van der Waals surface area contributed by atoms with Crippen LogP contribution in [-0.4, -0.2) is 59.7 Å². The number of aliphatic hydroxyl groups is 2. The van der Waals surface area contributed by atoms with Gasteiger partial charge >= 0.3 is 0 Å². The lowest BCUT2D eigenvalue weighted by Crippen LogP contribution is -2.33. The molecular formula is C17H18N6O6. The van der Waals surface area contributed by atoms with Gasteiger partial charge in [-0.25, -0.2) is 25.1 Å². The van der Waals surface area contributed by atoms with Crippen LogP contribution < -0.4 is 5.43 Å². The van der Waals surface area contributed by atoms with Crippen LogP contribution in [0.1, 0.15) is 11.8 Å². The lowest BCUT2D eigenvalue weighted by atomic mass is 10.1. The largest absolute Gasteiger partial charge is 0.387 e. The number of hydrogen-bond acceptors (Lipinski definition) is 9. The third kappa shape index (κ3) is 3.86. The first-order valence-corrected chi connectivity index (χ1v) is 8.76. The second-order valence-corrected chi connectivity index (χ2v) is 6.46. The number of nitrogens with one attached hydrogen (secondary N) is 1. The molecule has 0 bridgehead atoms. The van der Waals surface area contributed by atoms with E-state index in [9.17, 15) is 20.3 Å². The number of nitro groups is 1. The number of nitrogens with zero attached hydrogens (tertiary/aromatic N) is 5. The standard InChI is InChI=1S/C17H18N6O6/c24-13-11(7-28-6-10-4-2-1-3-5-10)29-17(14(13)25)22-9-20-12-15(21-23(26)27)18-8-19-16(12)22/h1-5,8-9,11,13-14,17,24-25H,6-7H2,(H,18,19,21)/t11-,13-,14-,17-/m1/s1. The highest BCUT2D eigenvalue weighted by atomic mass is 16.7. The Morgan fingerprint density at radius 3 is 2.76 bits per heavy atom. The van der Waals surface area contributed by atoms with Crippen LogP contribution in [0.4, 0.5) is 5.82 Å². The average Bonchev–Trinajstić information content (AvgIpc) is 3.25. The molecule has 0 radical (unpaired) electrons. The molecule has 0 saturated carbocycles. The zero-order chi connectivity index (χ0) is 20.4. The molecule has 0 aliphatic carbocycles. The number of benzene rings is 1. The van der Waals surface area contributed by atoms with Crippen molar-refractivity contribution in [3.05, 3.63) is 58.7 Å². The minimum absolute atomic E-state index is 0.0688. The maximum absolute atomic E-state index is 10.7. The summed E-state index contributed by atoms with van der Waals surface area (Å²) >= 11 is 0. The summed E-state index contributed by atoms with van der Waals surface area (Å²) in [5, 5.41) is 30.7. The Balaban J connectivity index is 1.48. The molecule has 3 heterocycles.